The number of nitrogens with zero attached hydrogens (tertiary/aromatic N) is 3. The van der Waals surface area contributed by atoms with E-state index in [4.69, 9.17) is 4.74 Å². The van der Waals surface area contributed by atoms with Gasteiger partial charge >= 0.3 is 0 Å². The van der Waals surface area contributed by atoms with E-state index in [1.54, 1.807) is 25.2 Å². The average Bonchev–Trinajstić information content (AvgIpc) is 2.58. The molecule has 1 aromatic heterocycles. The summed E-state index contributed by atoms with van der Waals surface area (Å²) >= 11 is 1.75. The average molecular weight is 215 g/mol. The zero-order valence-corrected chi connectivity index (χ0v) is 9.75. The van der Waals surface area contributed by atoms with E-state index in [2.05, 4.69) is 24.0 Å². The van der Waals surface area contributed by atoms with Crippen molar-refractivity contribution in [2.45, 2.75) is 25.5 Å². The smallest absolute Gasteiger partial charge is 0.191 e. The monoisotopic (exact) mass is 215 g/mol. The van der Waals surface area contributed by atoms with Gasteiger partial charge < -0.3 is 9.30 Å². The molecule has 4 nitrogen and oxygen atoms in total. The van der Waals surface area contributed by atoms with Crippen LogP contribution in [0, 0.1) is 5.92 Å². The van der Waals surface area contributed by atoms with Gasteiger partial charge in [-0.25, -0.2) is 0 Å². The highest BCUT2D eigenvalue weighted by atomic mass is 32.2. The molecule has 0 aliphatic heterocycles. The quantitative estimate of drug-likeness (QED) is 0.677. The van der Waals surface area contributed by atoms with Crippen molar-refractivity contribution in [1.82, 2.24) is 14.8 Å². The van der Waals surface area contributed by atoms with E-state index >= 15 is 0 Å². The molecule has 0 unspecified atom stereocenters. The molecule has 0 aromatic carbocycles. The first kappa shape index (κ1) is 11.5. The Morgan fingerprint density at radius 1 is 1.57 bits per heavy atom. The molecule has 0 saturated carbocycles. The van der Waals surface area contributed by atoms with Gasteiger partial charge in [-0.1, -0.05) is 25.6 Å². The third kappa shape index (κ3) is 3.67. The Bertz CT molecular complexity index is 262. The van der Waals surface area contributed by atoms with Gasteiger partial charge in [0.25, 0.3) is 0 Å². The number of hydrogen-bond acceptors (Lipinski definition) is 4. The van der Waals surface area contributed by atoms with Crippen LogP contribution in [0.15, 0.2) is 11.5 Å². The normalized spacial score (nSPS) is 11.1. The van der Waals surface area contributed by atoms with Crippen LogP contribution in [0.25, 0.3) is 0 Å². The lowest BCUT2D eigenvalue weighted by molar-refractivity contribution is 0.184. The van der Waals surface area contributed by atoms with Crippen LogP contribution in [0.1, 0.15) is 13.8 Å². The third-order valence-corrected chi connectivity index (χ3v) is 3.07. The lowest BCUT2D eigenvalue weighted by Gasteiger charge is -2.06. The minimum atomic E-state index is 0.674. The first-order chi connectivity index (χ1) is 6.74. The van der Waals surface area contributed by atoms with E-state index in [0.29, 0.717) is 12.5 Å². The van der Waals surface area contributed by atoms with Gasteiger partial charge in [0.2, 0.25) is 0 Å². The highest BCUT2D eigenvalue weighted by Crippen LogP contribution is 2.17. The van der Waals surface area contributed by atoms with Crippen molar-refractivity contribution in [1.29, 1.82) is 0 Å². The van der Waals surface area contributed by atoms with Gasteiger partial charge in [0.05, 0.1) is 6.61 Å². The summed E-state index contributed by atoms with van der Waals surface area (Å²) in [5, 5.41) is 8.93. The van der Waals surface area contributed by atoms with E-state index in [0.717, 1.165) is 17.5 Å². The molecule has 1 heterocycles. The van der Waals surface area contributed by atoms with E-state index in [1.807, 2.05) is 4.57 Å². The molecule has 0 aliphatic carbocycles. The Labute approximate surface area is 89.0 Å². The Kier molecular flexibility index (Phi) is 4.97. The molecule has 0 N–H and O–H groups in total. The van der Waals surface area contributed by atoms with Crippen molar-refractivity contribution in [2.24, 2.45) is 5.92 Å². The molecule has 1 aromatic rings. The summed E-state index contributed by atoms with van der Waals surface area (Å²) in [5.74, 6) is 1.75. The Hall–Kier alpha value is -0.550. The SMILES string of the molecule is COCCn1cnnc1SCC(C)C. The summed E-state index contributed by atoms with van der Waals surface area (Å²) in [5.41, 5.74) is 0. The fraction of sp³-hybridized carbons (Fsp3) is 0.778. The predicted octanol–water partition coefficient (Wildman–Crippen LogP) is 1.67. The van der Waals surface area contributed by atoms with Gasteiger partial charge in [-0.05, 0) is 5.92 Å². The van der Waals surface area contributed by atoms with Gasteiger partial charge in [-0.3, -0.25) is 0 Å². The fourth-order valence-corrected chi connectivity index (χ4v) is 1.83. The fourth-order valence-electron chi connectivity index (χ4n) is 0.940. The van der Waals surface area contributed by atoms with Gasteiger partial charge in [0.15, 0.2) is 5.16 Å². The molecule has 0 amide bonds. The summed E-state index contributed by atoms with van der Waals surface area (Å²) in [7, 11) is 1.70. The predicted molar refractivity (Wildman–Crippen MR) is 57.5 cm³/mol. The molecule has 0 bridgehead atoms. The maximum absolute atomic E-state index is 5.01. The summed E-state index contributed by atoms with van der Waals surface area (Å²) in [6.45, 7) is 5.92. The number of aromatic nitrogens is 3. The second kappa shape index (κ2) is 6.03. The maximum atomic E-state index is 5.01. The van der Waals surface area contributed by atoms with Crippen molar-refractivity contribution in [3.63, 3.8) is 0 Å². The van der Waals surface area contributed by atoms with Crippen molar-refractivity contribution in [2.75, 3.05) is 19.5 Å². The zero-order valence-electron chi connectivity index (χ0n) is 8.93. The summed E-state index contributed by atoms with van der Waals surface area (Å²) in [6, 6.07) is 0. The van der Waals surface area contributed by atoms with Crippen LogP contribution in [0.3, 0.4) is 0 Å². The van der Waals surface area contributed by atoms with Crippen LogP contribution in [-0.4, -0.2) is 34.2 Å². The maximum Gasteiger partial charge on any atom is 0.191 e. The van der Waals surface area contributed by atoms with Crippen LogP contribution in [0.5, 0.6) is 0 Å². The van der Waals surface area contributed by atoms with E-state index in [1.165, 1.54) is 0 Å². The molecule has 0 saturated heterocycles. The highest BCUT2D eigenvalue weighted by Gasteiger charge is 2.05. The molecule has 0 aliphatic rings. The number of ether oxygens (including phenoxy) is 1. The molecule has 80 valence electrons. The van der Waals surface area contributed by atoms with Crippen molar-refractivity contribution in [3.8, 4) is 0 Å². The molecule has 0 spiro atoms. The lowest BCUT2D eigenvalue weighted by atomic mass is 10.3. The molecule has 5 heteroatoms. The van der Waals surface area contributed by atoms with E-state index in [9.17, 15) is 0 Å². The lowest BCUT2D eigenvalue weighted by Crippen LogP contribution is -2.05. The van der Waals surface area contributed by atoms with Crippen LogP contribution < -0.4 is 0 Å². The number of thioether (sulfide) groups is 1. The third-order valence-electron chi connectivity index (χ3n) is 1.66. The van der Waals surface area contributed by atoms with Crippen molar-refractivity contribution in [3.05, 3.63) is 6.33 Å². The Balaban J connectivity index is 2.45. The Morgan fingerprint density at radius 2 is 2.36 bits per heavy atom. The van der Waals surface area contributed by atoms with Gasteiger partial charge in [-0.15, -0.1) is 10.2 Å². The standard InChI is InChI=1S/C9H17N3OS/c1-8(2)6-14-9-11-10-7-12(9)4-5-13-3/h7-8H,4-6H2,1-3H3. The Morgan fingerprint density at radius 3 is 3.00 bits per heavy atom. The molecule has 1 rings (SSSR count). The molecular formula is C9H17N3OS. The summed E-state index contributed by atoms with van der Waals surface area (Å²) < 4.78 is 7.03. The van der Waals surface area contributed by atoms with Crippen LogP contribution in [0.2, 0.25) is 0 Å². The largest absolute Gasteiger partial charge is 0.383 e. The van der Waals surface area contributed by atoms with E-state index in [-0.39, 0.29) is 0 Å². The minimum absolute atomic E-state index is 0.674. The van der Waals surface area contributed by atoms with E-state index < -0.39 is 0 Å². The van der Waals surface area contributed by atoms with Crippen LogP contribution in [-0.2, 0) is 11.3 Å². The van der Waals surface area contributed by atoms with Gasteiger partial charge in [0.1, 0.15) is 6.33 Å². The second-order valence-electron chi connectivity index (χ2n) is 3.50. The minimum Gasteiger partial charge on any atom is -0.383 e. The second-order valence-corrected chi connectivity index (χ2v) is 4.49. The topological polar surface area (TPSA) is 39.9 Å². The summed E-state index contributed by atoms with van der Waals surface area (Å²) in [4.78, 5) is 0. The van der Waals surface area contributed by atoms with Crippen LogP contribution >= 0.6 is 11.8 Å². The van der Waals surface area contributed by atoms with Gasteiger partial charge in [-0.2, -0.15) is 0 Å². The van der Waals surface area contributed by atoms with Gasteiger partial charge in [0, 0.05) is 19.4 Å². The number of rotatable bonds is 6. The number of methoxy groups -OCH3 is 1. The van der Waals surface area contributed by atoms with Crippen molar-refractivity contribution < 1.29 is 4.74 Å². The molecule has 0 fully saturated rings. The molecule has 14 heavy (non-hydrogen) atoms. The van der Waals surface area contributed by atoms with Crippen LogP contribution in [0.4, 0.5) is 0 Å². The number of hydrogen-bond donors (Lipinski definition) is 0. The highest BCUT2D eigenvalue weighted by molar-refractivity contribution is 7.99. The zero-order chi connectivity index (χ0) is 10.4. The first-order valence-electron chi connectivity index (χ1n) is 4.73. The van der Waals surface area contributed by atoms with Crippen molar-refractivity contribution >= 4 is 11.8 Å². The molecule has 0 radical (unpaired) electrons. The first-order valence-corrected chi connectivity index (χ1v) is 5.72. The molecule has 0 atom stereocenters. The molecular weight excluding hydrogens is 198 g/mol. The summed E-state index contributed by atoms with van der Waals surface area (Å²) in [6.07, 6.45) is 1.75.